The summed E-state index contributed by atoms with van der Waals surface area (Å²) in [4.78, 5) is 12.7. The molecule has 6 heteroatoms. The number of hydrogen-bond donors (Lipinski definition) is 2. The molecule has 1 aliphatic carbocycles. The Hall–Kier alpha value is -2.21. The van der Waals surface area contributed by atoms with Crippen molar-refractivity contribution in [3.8, 4) is 0 Å². The Balaban J connectivity index is 1.49. The molecule has 0 bridgehead atoms. The van der Waals surface area contributed by atoms with Crippen LogP contribution in [0, 0.1) is 0 Å². The van der Waals surface area contributed by atoms with Gasteiger partial charge in [0.25, 0.3) is 5.91 Å². The highest BCUT2D eigenvalue weighted by Crippen LogP contribution is 2.41. The Kier molecular flexibility index (Phi) is 4.53. The Morgan fingerprint density at radius 3 is 2.81 bits per heavy atom. The summed E-state index contributed by atoms with van der Waals surface area (Å²) in [6, 6.07) is 8.81. The SMILES string of the molecule is CC1(C)CCC(NC(=O)c2cn(C3CCNCC3)nn2)c2ccccc21. The number of fused-ring (bicyclic) bond motifs is 1. The first kappa shape index (κ1) is 17.2. The molecule has 1 aromatic heterocycles. The maximum atomic E-state index is 12.7. The van der Waals surface area contributed by atoms with Gasteiger partial charge in [-0.15, -0.1) is 5.10 Å². The van der Waals surface area contributed by atoms with Crippen LogP contribution in [0.25, 0.3) is 0 Å². The third-order valence-electron chi connectivity index (χ3n) is 5.85. The Morgan fingerprint density at radius 2 is 2.00 bits per heavy atom. The average molecular weight is 353 g/mol. The summed E-state index contributed by atoms with van der Waals surface area (Å²) >= 11 is 0. The first-order chi connectivity index (χ1) is 12.5. The molecular formula is C20H27N5O. The van der Waals surface area contributed by atoms with Gasteiger partial charge in [0, 0.05) is 0 Å². The molecule has 0 spiro atoms. The molecule has 1 saturated heterocycles. The lowest BCUT2D eigenvalue weighted by molar-refractivity contribution is 0.0924. The van der Waals surface area contributed by atoms with Crippen LogP contribution in [0.1, 0.15) is 73.2 Å². The van der Waals surface area contributed by atoms with E-state index in [2.05, 4.69) is 53.0 Å². The zero-order valence-electron chi connectivity index (χ0n) is 15.5. The minimum absolute atomic E-state index is 0.0377. The van der Waals surface area contributed by atoms with E-state index < -0.39 is 0 Å². The molecular weight excluding hydrogens is 326 g/mol. The number of nitrogens with zero attached hydrogens (tertiary/aromatic N) is 3. The summed E-state index contributed by atoms with van der Waals surface area (Å²) in [7, 11) is 0. The topological polar surface area (TPSA) is 71.8 Å². The standard InChI is InChI=1S/C20H27N5O/c1-20(2)10-7-17(15-5-3-4-6-16(15)20)22-19(26)18-13-25(24-23-18)14-8-11-21-12-9-14/h3-6,13-14,17,21H,7-12H2,1-2H3,(H,22,26). The molecule has 2 aliphatic rings. The summed E-state index contributed by atoms with van der Waals surface area (Å²) in [5, 5.41) is 14.8. The number of carbonyl (C=O) groups is 1. The second-order valence-corrected chi connectivity index (χ2v) is 8.10. The number of aromatic nitrogens is 3. The van der Waals surface area contributed by atoms with Gasteiger partial charge in [-0.1, -0.05) is 43.3 Å². The lowest BCUT2D eigenvalue weighted by Crippen LogP contribution is -2.35. The molecule has 1 unspecified atom stereocenters. The van der Waals surface area contributed by atoms with Crippen LogP contribution >= 0.6 is 0 Å². The summed E-state index contributed by atoms with van der Waals surface area (Å²) < 4.78 is 1.85. The van der Waals surface area contributed by atoms with Crippen molar-refractivity contribution in [3.63, 3.8) is 0 Å². The highest BCUT2D eigenvalue weighted by molar-refractivity contribution is 5.92. The molecule has 1 aliphatic heterocycles. The van der Waals surface area contributed by atoms with Gasteiger partial charge in [-0.2, -0.15) is 0 Å². The van der Waals surface area contributed by atoms with Crippen LogP contribution in [0.3, 0.4) is 0 Å². The van der Waals surface area contributed by atoms with Gasteiger partial charge in [-0.25, -0.2) is 4.68 Å². The van der Waals surface area contributed by atoms with Crippen LogP contribution in [-0.4, -0.2) is 34.0 Å². The van der Waals surface area contributed by atoms with Crippen molar-refractivity contribution in [3.05, 3.63) is 47.3 Å². The molecule has 0 saturated carbocycles. The number of hydrogen-bond acceptors (Lipinski definition) is 4. The second-order valence-electron chi connectivity index (χ2n) is 8.10. The molecule has 1 amide bonds. The van der Waals surface area contributed by atoms with E-state index in [1.807, 2.05) is 10.7 Å². The van der Waals surface area contributed by atoms with E-state index in [-0.39, 0.29) is 17.4 Å². The van der Waals surface area contributed by atoms with Crippen molar-refractivity contribution in [2.24, 2.45) is 0 Å². The maximum Gasteiger partial charge on any atom is 0.273 e. The van der Waals surface area contributed by atoms with E-state index >= 15 is 0 Å². The predicted octanol–water partition coefficient (Wildman–Crippen LogP) is 2.75. The van der Waals surface area contributed by atoms with Crippen LogP contribution in [0.5, 0.6) is 0 Å². The van der Waals surface area contributed by atoms with Gasteiger partial charge in [-0.3, -0.25) is 4.79 Å². The van der Waals surface area contributed by atoms with Gasteiger partial charge in [-0.05, 0) is 55.3 Å². The van der Waals surface area contributed by atoms with Crippen molar-refractivity contribution >= 4 is 5.91 Å². The third-order valence-corrected chi connectivity index (χ3v) is 5.85. The molecule has 2 N–H and O–H groups in total. The lowest BCUT2D eigenvalue weighted by atomic mass is 9.71. The molecule has 138 valence electrons. The fourth-order valence-electron chi connectivity index (χ4n) is 4.23. The fourth-order valence-corrected chi connectivity index (χ4v) is 4.23. The number of rotatable bonds is 3. The summed E-state index contributed by atoms with van der Waals surface area (Å²) in [5.74, 6) is -0.135. The van der Waals surface area contributed by atoms with Crippen LogP contribution in [0.2, 0.25) is 0 Å². The number of amides is 1. The first-order valence-electron chi connectivity index (χ1n) is 9.57. The van der Waals surface area contributed by atoms with E-state index in [0.717, 1.165) is 38.8 Å². The summed E-state index contributed by atoms with van der Waals surface area (Å²) in [6.45, 7) is 6.52. The predicted molar refractivity (Wildman–Crippen MR) is 100 cm³/mol. The summed E-state index contributed by atoms with van der Waals surface area (Å²) in [5.41, 5.74) is 3.11. The highest BCUT2D eigenvalue weighted by Gasteiger charge is 2.33. The molecule has 6 nitrogen and oxygen atoms in total. The molecule has 0 radical (unpaired) electrons. The molecule has 1 aromatic carbocycles. The molecule has 26 heavy (non-hydrogen) atoms. The van der Waals surface area contributed by atoms with Crippen molar-refractivity contribution in [2.45, 2.75) is 57.0 Å². The van der Waals surface area contributed by atoms with E-state index in [1.54, 1.807) is 6.20 Å². The minimum Gasteiger partial charge on any atom is -0.344 e. The Bertz CT molecular complexity index is 791. The second kappa shape index (κ2) is 6.83. The van der Waals surface area contributed by atoms with E-state index in [1.165, 1.54) is 11.1 Å². The quantitative estimate of drug-likeness (QED) is 0.890. The fraction of sp³-hybridized carbons (Fsp3) is 0.550. The van der Waals surface area contributed by atoms with E-state index in [9.17, 15) is 4.79 Å². The van der Waals surface area contributed by atoms with Gasteiger partial charge < -0.3 is 10.6 Å². The maximum absolute atomic E-state index is 12.7. The largest absolute Gasteiger partial charge is 0.344 e. The van der Waals surface area contributed by atoms with Gasteiger partial charge in [0.2, 0.25) is 0 Å². The monoisotopic (exact) mass is 353 g/mol. The van der Waals surface area contributed by atoms with Crippen LogP contribution in [0.15, 0.2) is 30.5 Å². The van der Waals surface area contributed by atoms with Crippen molar-refractivity contribution in [1.29, 1.82) is 0 Å². The van der Waals surface area contributed by atoms with Crippen molar-refractivity contribution < 1.29 is 4.79 Å². The molecule has 1 atom stereocenters. The van der Waals surface area contributed by atoms with Crippen molar-refractivity contribution in [1.82, 2.24) is 25.6 Å². The number of piperidine rings is 1. The van der Waals surface area contributed by atoms with Crippen molar-refractivity contribution in [2.75, 3.05) is 13.1 Å². The first-order valence-corrected chi connectivity index (χ1v) is 9.57. The lowest BCUT2D eigenvalue weighted by Gasteiger charge is -2.37. The molecule has 4 rings (SSSR count). The Morgan fingerprint density at radius 1 is 1.23 bits per heavy atom. The zero-order valence-corrected chi connectivity index (χ0v) is 15.5. The minimum atomic E-state index is -0.135. The normalized spacial score (nSPS) is 22.6. The molecule has 1 fully saturated rings. The highest BCUT2D eigenvalue weighted by atomic mass is 16.2. The van der Waals surface area contributed by atoms with Gasteiger partial charge >= 0.3 is 0 Å². The van der Waals surface area contributed by atoms with Gasteiger partial charge in [0.05, 0.1) is 18.3 Å². The number of nitrogens with one attached hydrogen (secondary N) is 2. The van der Waals surface area contributed by atoms with Gasteiger partial charge in [0.1, 0.15) is 0 Å². The van der Waals surface area contributed by atoms with E-state index in [4.69, 9.17) is 0 Å². The Labute approximate surface area is 154 Å². The van der Waals surface area contributed by atoms with E-state index in [0.29, 0.717) is 11.7 Å². The third kappa shape index (κ3) is 3.26. The summed E-state index contributed by atoms with van der Waals surface area (Å²) in [6.07, 6.45) is 5.84. The van der Waals surface area contributed by atoms with Crippen LogP contribution in [-0.2, 0) is 5.41 Å². The van der Waals surface area contributed by atoms with Crippen LogP contribution < -0.4 is 10.6 Å². The van der Waals surface area contributed by atoms with Gasteiger partial charge in [0.15, 0.2) is 5.69 Å². The molecule has 2 heterocycles. The molecule has 2 aromatic rings. The zero-order chi connectivity index (χ0) is 18.1. The number of benzene rings is 1. The number of carbonyl (C=O) groups excluding carboxylic acids is 1. The smallest absolute Gasteiger partial charge is 0.273 e. The average Bonchev–Trinajstić information content (AvgIpc) is 3.15. The van der Waals surface area contributed by atoms with Crippen LogP contribution in [0.4, 0.5) is 0 Å².